The average molecular weight is 626 g/mol. The lowest BCUT2D eigenvalue weighted by Crippen LogP contribution is -2.70. The fourth-order valence-corrected chi connectivity index (χ4v) is 9.31. The lowest BCUT2D eigenvalue weighted by Gasteiger charge is -2.49. The number of thiophene rings is 1. The van der Waals surface area contributed by atoms with Crippen molar-refractivity contribution in [1.29, 1.82) is 0 Å². The molecular formula is C29H27N3O5S4. The van der Waals surface area contributed by atoms with E-state index in [1.807, 2.05) is 29.6 Å². The molecule has 2 saturated heterocycles. The standard InChI is InChI=1S/C29H27N3O5S4/c33-21-15-24(41-22-13-18(6-7-20(21)22)31-9-2-1-3-10-31)39-12-8-17-16-40-28-25(27(35)32(28)26(17)29(36)37)30-23(34)14-19-5-4-11-38-19/h4-8,11-13,15,25,28H,1-3,9-10,14,16H2,(H,30,34)(H,36,37)/b12-8+. The van der Waals surface area contributed by atoms with Crippen LogP contribution in [0.1, 0.15) is 24.1 Å². The van der Waals surface area contributed by atoms with E-state index in [2.05, 4.69) is 16.3 Å². The van der Waals surface area contributed by atoms with Gasteiger partial charge in [-0.3, -0.25) is 19.3 Å². The molecule has 2 atom stereocenters. The first-order valence-electron chi connectivity index (χ1n) is 13.3. The Morgan fingerprint density at radius 1 is 1.12 bits per heavy atom. The zero-order chi connectivity index (χ0) is 28.5. The summed E-state index contributed by atoms with van der Waals surface area (Å²) in [5.74, 6) is -1.48. The van der Waals surface area contributed by atoms with E-state index in [1.54, 1.807) is 17.6 Å². The van der Waals surface area contributed by atoms with Gasteiger partial charge >= 0.3 is 5.97 Å². The van der Waals surface area contributed by atoms with Crippen molar-refractivity contribution in [3.63, 3.8) is 0 Å². The summed E-state index contributed by atoms with van der Waals surface area (Å²) in [5, 5.41) is 16.6. The van der Waals surface area contributed by atoms with Crippen molar-refractivity contribution in [1.82, 2.24) is 10.2 Å². The third-order valence-corrected chi connectivity index (χ3v) is 11.5. The van der Waals surface area contributed by atoms with Gasteiger partial charge in [0.25, 0.3) is 5.91 Å². The molecule has 8 nitrogen and oxygen atoms in total. The van der Waals surface area contributed by atoms with Gasteiger partial charge in [0.2, 0.25) is 5.91 Å². The van der Waals surface area contributed by atoms with E-state index in [9.17, 15) is 24.3 Å². The minimum atomic E-state index is -1.18. The summed E-state index contributed by atoms with van der Waals surface area (Å²) >= 11 is 5.79. The summed E-state index contributed by atoms with van der Waals surface area (Å²) < 4.78 is 1.73. The van der Waals surface area contributed by atoms with Crippen molar-refractivity contribution in [3.8, 4) is 0 Å². The van der Waals surface area contributed by atoms with Crippen molar-refractivity contribution >= 4 is 79.8 Å². The van der Waals surface area contributed by atoms with Crippen molar-refractivity contribution in [2.24, 2.45) is 0 Å². The van der Waals surface area contributed by atoms with Crippen molar-refractivity contribution in [2.45, 2.75) is 41.3 Å². The van der Waals surface area contributed by atoms with E-state index in [0.29, 0.717) is 16.7 Å². The fourth-order valence-electron chi connectivity index (χ4n) is 5.28. The summed E-state index contributed by atoms with van der Waals surface area (Å²) in [4.78, 5) is 54.9. The van der Waals surface area contributed by atoms with Crippen LogP contribution in [0.5, 0.6) is 0 Å². The van der Waals surface area contributed by atoms with Gasteiger partial charge in [-0.2, -0.15) is 0 Å². The number of nitrogens with zero attached hydrogens (tertiary/aromatic N) is 2. The number of piperidine rings is 1. The van der Waals surface area contributed by atoms with E-state index >= 15 is 0 Å². The Bertz CT molecular complexity index is 1620. The van der Waals surface area contributed by atoms with E-state index in [4.69, 9.17) is 0 Å². The molecule has 3 aromatic rings. The van der Waals surface area contributed by atoms with Crippen LogP contribution in [0.25, 0.3) is 10.1 Å². The maximum atomic E-state index is 12.9. The molecular weight excluding hydrogens is 599 g/mol. The largest absolute Gasteiger partial charge is 0.477 e. The number of hydrogen-bond acceptors (Lipinski definition) is 9. The Morgan fingerprint density at radius 2 is 1.95 bits per heavy atom. The minimum absolute atomic E-state index is 0.0420. The van der Waals surface area contributed by atoms with Gasteiger partial charge in [0, 0.05) is 45.6 Å². The van der Waals surface area contributed by atoms with Crippen LogP contribution in [-0.2, 0) is 20.8 Å². The number of carboxylic acids is 1. The number of thioether (sulfide) groups is 2. The Morgan fingerprint density at radius 3 is 2.71 bits per heavy atom. The summed E-state index contributed by atoms with van der Waals surface area (Å²) in [6, 6.07) is 10.6. The quantitative estimate of drug-likeness (QED) is 0.269. The average Bonchev–Trinajstić information content (AvgIpc) is 3.48. The predicted molar refractivity (Wildman–Crippen MR) is 167 cm³/mol. The monoisotopic (exact) mass is 625 g/mol. The van der Waals surface area contributed by atoms with E-state index < -0.39 is 23.3 Å². The molecule has 2 fully saturated rings. The second kappa shape index (κ2) is 12.0. The van der Waals surface area contributed by atoms with Gasteiger partial charge in [0.15, 0.2) is 5.43 Å². The van der Waals surface area contributed by atoms with Gasteiger partial charge in [-0.1, -0.05) is 17.8 Å². The maximum absolute atomic E-state index is 12.9. The number of nitrogens with one attached hydrogen (secondary N) is 1. The van der Waals surface area contributed by atoms with Crippen LogP contribution in [0.15, 0.2) is 73.5 Å². The molecule has 5 heterocycles. The summed E-state index contributed by atoms with van der Waals surface area (Å²) in [6.07, 6.45) is 5.50. The molecule has 0 spiro atoms. The van der Waals surface area contributed by atoms with Crippen LogP contribution >= 0.6 is 46.2 Å². The number of hydrogen-bond donors (Lipinski definition) is 2. The number of fused-ring (bicyclic) bond motifs is 2. The molecule has 1 aromatic carbocycles. The van der Waals surface area contributed by atoms with Gasteiger partial charge in [0.05, 0.1) is 10.6 Å². The van der Waals surface area contributed by atoms with Crippen LogP contribution in [0.2, 0.25) is 0 Å². The van der Waals surface area contributed by atoms with Crippen LogP contribution in [-0.4, -0.2) is 58.0 Å². The Kier molecular flexibility index (Phi) is 8.25. The van der Waals surface area contributed by atoms with Crippen molar-refractivity contribution < 1.29 is 19.5 Å². The van der Waals surface area contributed by atoms with Crippen molar-refractivity contribution in [2.75, 3.05) is 23.7 Å². The molecule has 0 saturated carbocycles. The van der Waals surface area contributed by atoms with Crippen LogP contribution < -0.4 is 15.6 Å². The highest BCUT2D eigenvalue weighted by molar-refractivity contribution is 8.04. The number of carbonyl (C=O) groups is 3. The highest BCUT2D eigenvalue weighted by Crippen LogP contribution is 2.41. The molecule has 3 aliphatic heterocycles. The van der Waals surface area contributed by atoms with Gasteiger partial charge in [-0.15, -0.1) is 34.4 Å². The van der Waals surface area contributed by atoms with Gasteiger partial charge in [-0.05, 0) is 66.0 Å². The predicted octanol–water partition coefficient (Wildman–Crippen LogP) is 4.90. The Balaban J connectivity index is 1.16. The molecule has 0 aliphatic carbocycles. The maximum Gasteiger partial charge on any atom is 0.352 e. The molecule has 212 valence electrons. The number of anilines is 1. The molecule has 2 unspecified atom stereocenters. The number of carboxylic acid groups (broad SMARTS) is 1. The topological polar surface area (TPSA) is 107 Å². The highest BCUT2D eigenvalue weighted by atomic mass is 32.2. The third kappa shape index (κ3) is 5.83. The fraction of sp³-hybridized carbons (Fsp3) is 0.310. The summed E-state index contributed by atoms with van der Waals surface area (Å²) in [6.45, 7) is 2.05. The van der Waals surface area contributed by atoms with Gasteiger partial charge < -0.3 is 15.3 Å². The second-order valence-corrected chi connectivity index (χ2v) is 14.4. The third-order valence-electron chi connectivity index (χ3n) is 7.30. The molecule has 2 amide bonds. The number of β-lactam (4-membered cyclic amide) rings is 1. The highest BCUT2D eigenvalue weighted by Gasteiger charge is 2.53. The molecule has 2 N–H and O–H groups in total. The normalized spacial score (nSPS) is 20.8. The van der Waals surface area contributed by atoms with Gasteiger partial charge in [0.1, 0.15) is 17.1 Å². The first-order chi connectivity index (χ1) is 19.9. The molecule has 3 aliphatic rings. The van der Waals surface area contributed by atoms with E-state index in [1.165, 1.54) is 70.4 Å². The lowest BCUT2D eigenvalue weighted by molar-refractivity contribution is -0.150. The molecule has 0 bridgehead atoms. The van der Waals surface area contributed by atoms with Gasteiger partial charge in [-0.25, -0.2) is 4.79 Å². The number of aliphatic carboxylic acids is 1. The lowest BCUT2D eigenvalue weighted by atomic mass is 10.0. The Labute approximate surface area is 253 Å². The van der Waals surface area contributed by atoms with E-state index in [-0.39, 0.29) is 23.5 Å². The number of rotatable bonds is 8. The first kappa shape index (κ1) is 28.1. The molecule has 41 heavy (non-hydrogen) atoms. The zero-order valence-electron chi connectivity index (χ0n) is 21.9. The van der Waals surface area contributed by atoms with Crippen LogP contribution in [0, 0.1) is 0 Å². The molecule has 2 aromatic heterocycles. The van der Waals surface area contributed by atoms with Crippen LogP contribution in [0.3, 0.4) is 0 Å². The van der Waals surface area contributed by atoms with E-state index in [0.717, 1.165) is 32.6 Å². The number of amides is 2. The first-order valence-corrected chi connectivity index (χ1v) is 16.9. The smallest absolute Gasteiger partial charge is 0.352 e. The van der Waals surface area contributed by atoms with Crippen LogP contribution in [0.4, 0.5) is 5.69 Å². The molecule has 6 rings (SSSR count). The van der Waals surface area contributed by atoms with Crippen molar-refractivity contribution in [3.05, 3.63) is 79.6 Å². The Hall–Kier alpha value is -3.06. The second-order valence-electron chi connectivity index (χ2n) is 9.97. The molecule has 12 heteroatoms. The molecule has 0 radical (unpaired) electrons. The SMILES string of the molecule is O=C(Cc1cccs1)NC1C(=O)N2C(C(=O)O)=C(/C=C/Sc3cc(=O)c4ccc(N5CCCCC5)cc4s3)CSC12. The summed E-state index contributed by atoms with van der Waals surface area (Å²) in [5.41, 5.74) is 1.55. The number of carbonyl (C=O) groups excluding carboxylic acids is 2. The summed E-state index contributed by atoms with van der Waals surface area (Å²) in [7, 11) is 0. The number of benzene rings is 1. The minimum Gasteiger partial charge on any atom is -0.477 e. The number of allylic oxidation sites excluding steroid dienone is 1. The zero-order valence-corrected chi connectivity index (χ0v) is 25.2.